The Morgan fingerprint density at radius 3 is 2.67 bits per heavy atom. The zero-order valence-electron chi connectivity index (χ0n) is 3.23. The highest BCUT2D eigenvalue weighted by molar-refractivity contribution is 4.30. The van der Waals surface area contributed by atoms with Crippen LogP contribution in [0.25, 0.3) is 0 Å². The minimum atomic E-state index is 0.604. The molecule has 0 atom stereocenters. The van der Waals surface area contributed by atoms with Crippen molar-refractivity contribution < 1.29 is 9.88 Å². The van der Waals surface area contributed by atoms with Crippen LogP contribution in [0.5, 0.6) is 0 Å². The normalized spacial score (nSPS) is 24.0. The van der Waals surface area contributed by atoms with E-state index in [1.54, 1.807) is 0 Å². The van der Waals surface area contributed by atoms with Crippen LogP contribution >= 0.6 is 0 Å². The van der Waals surface area contributed by atoms with Crippen molar-refractivity contribution in [3.8, 4) is 0 Å². The van der Waals surface area contributed by atoms with E-state index < -0.39 is 0 Å². The summed E-state index contributed by atoms with van der Waals surface area (Å²) in [6.07, 6.45) is 0. The fourth-order valence-corrected chi connectivity index (χ4v) is 0.244. The molecule has 1 heterocycles. The quantitative estimate of drug-likeness (QED) is 0.373. The second kappa shape index (κ2) is 2.09. The summed E-state index contributed by atoms with van der Waals surface area (Å²) in [7, 11) is 0. The molecule has 0 aromatic heterocycles. The highest BCUT2D eigenvalue weighted by Crippen LogP contribution is 1.73. The molecule has 1 rings (SSSR count). The molecule has 0 aliphatic carbocycles. The standard InChI is InChI=1S/C2H6N2O2/c1-2-5-6-4-3-1/h3-4H,1-2H2. The lowest BCUT2D eigenvalue weighted by atomic mass is 10.7. The summed E-state index contributed by atoms with van der Waals surface area (Å²) in [6.45, 7) is 1.40. The van der Waals surface area contributed by atoms with E-state index >= 15 is 0 Å². The van der Waals surface area contributed by atoms with Gasteiger partial charge in [0.15, 0.2) is 0 Å². The summed E-state index contributed by atoms with van der Waals surface area (Å²) in [4.78, 5) is 8.60. The largest absolute Gasteiger partial charge is 0.229 e. The maximum Gasteiger partial charge on any atom is 0.0982 e. The van der Waals surface area contributed by atoms with Gasteiger partial charge in [0.2, 0.25) is 0 Å². The van der Waals surface area contributed by atoms with Crippen molar-refractivity contribution in [1.29, 1.82) is 0 Å². The molecule has 0 spiro atoms. The smallest absolute Gasteiger partial charge is 0.0982 e. The number of hydrogen-bond donors (Lipinski definition) is 2. The molecule has 0 saturated carbocycles. The molecule has 0 radical (unpaired) electrons. The van der Waals surface area contributed by atoms with Crippen LogP contribution in [0.1, 0.15) is 0 Å². The monoisotopic (exact) mass is 90.0 g/mol. The summed E-state index contributed by atoms with van der Waals surface area (Å²) >= 11 is 0. The second-order valence-corrected chi connectivity index (χ2v) is 0.934. The molecular weight excluding hydrogens is 84.0 g/mol. The van der Waals surface area contributed by atoms with Crippen molar-refractivity contribution in [2.45, 2.75) is 0 Å². The third-order valence-corrected chi connectivity index (χ3v) is 0.483. The van der Waals surface area contributed by atoms with Gasteiger partial charge in [-0.05, 0) is 0 Å². The molecular formula is C2H6N2O2. The van der Waals surface area contributed by atoms with Crippen molar-refractivity contribution in [1.82, 2.24) is 11.0 Å². The zero-order chi connectivity index (χ0) is 4.24. The Hall–Kier alpha value is -0.160. The molecule has 0 unspecified atom stereocenters. The molecule has 6 heavy (non-hydrogen) atoms. The van der Waals surface area contributed by atoms with Crippen molar-refractivity contribution in [2.75, 3.05) is 13.2 Å². The predicted molar refractivity (Wildman–Crippen MR) is 18.2 cm³/mol. The zero-order valence-corrected chi connectivity index (χ0v) is 3.23. The van der Waals surface area contributed by atoms with Crippen LogP contribution in [-0.2, 0) is 9.88 Å². The van der Waals surface area contributed by atoms with Crippen molar-refractivity contribution in [2.24, 2.45) is 0 Å². The van der Waals surface area contributed by atoms with E-state index in [1.165, 1.54) is 0 Å². The number of rotatable bonds is 0. The third-order valence-electron chi connectivity index (χ3n) is 0.483. The SMILES string of the molecule is C1COONN1. The lowest BCUT2D eigenvalue weighted by Gasteiger charge is -2.10. The highest BCUT2D eigenvalue weighted by atomic mass is 17.3. The Kier molecular flexibility index (Phi) is 1.40. The maximum atomic E-state index is 4.40. The van der Waals surface area contributed by atoms with Crippen LogP contribution in [0.15, 0.2) is 0 Å². The average Bonchev–Trinajstić information content (AvgIpc) is 1.72. The number of hydrogen-bond acceptors (Lipinski definition) is 4. The van der Waals surface area contributed by atoms with Crippen molar-refractivity contribution in [3.05, 3.63) is 0 Å². The van der Waals surface area contributed by atoms with E-state index in [4.69, 9.17) is 0 Å². The Labute approximate surface area is 35.3 Å². The van der Waals surface area contributed by atoms with Gasteiger partial charge in [-0.1, -0.05) is 0 Å². The van der Waals surface area contributed by atoms with Crippen LogP contribution in [0.3, 0.4) is 0 Å². The molecule has 0 aromatic rings. The van der Waals surface area contributed by atoms with Crippen LogP contribution in [0.4, 0.5) is 0 Å². The van der Waals surface area contributed by atoms with E-state index in [2.05, 4.69) is 20.9 Å². The number of hydrazine groups is 1. The third kappa shape index (κ3) is 0.908. The molecule has 0 amide bonds. The molecule has 4 heteroatoms. The van der Waals surface area contributed by atoms with Crippen molar-refractivity contribution in [3.63, 3.8) is 0 Å². The maximum absolute atomic E-state index is 4.40. The minimum absolute atomic E-state index is 0.604. The summed E-state index contributed by atoms with van der Waals surface area (Å²) in [5.74, 6) is 0. The fraction of sp³-hybridized carbons (Fsp3) is 1.00. The van der Waals surface area contributed by atoms with E-state index in [0.29, 0.717) is 6.61 Å². The molecule has 2 N–H and O–H groups in total. The van der Waals surface area contributed by atoms with Crippen LogP contribution in [0, 0.1) is 0 Å². The van der Waals surface area contributed by atoms with Gasteiger partial charge in [0.1, 0.15) is 0 Å². The van der Waals surface area contributed by atoms with Gasteiger partial charge in [0, 0.05) is 6.54 Å². The number of nitrogens with one attached hydrogen (secondary N) is 2. The Morgan fingerprint density at radius 2 is 2.50 bits per heavy atom. The Morgan fingerprint density at radius 1 is 1.50 bits per heavy atom. The van der Waals surface area contributed by atoms with E-state index in [0.717, 1.165) is 6.54 Å². The Bertz CT molecular complexity index is 25.0. The highest BCUT2D eigenvalue weighted by Gasteiger charge is 1.92. The van der Waals surface area contributed by atoms with Crippen LogP contribution < -0.4 is 11.0 Å². The first kappa shape index (κ1) is 4.01. The molecule has 0 bridgehead atoms. The van der Waals surface area contributed by atoms with Gasteiger partial charge in [-0.25, -0.2) is 10.3 Å². The molecule has 1 saturated heterocycles. The molecule has 1 aliphatic heterocycles. The van der Waals surface area contributed by atoms with E-state index in [-0.39, 0.29) is 0 Å². The summed E-state index contributed by atoms with van der Waals surface area (Å²) in [5.41, 5.74) is 5.00. The first-order chi connectivity index (χ1) is 3.00. The fourth-order valence-electron chi connectivity index (χ4n) is 0.244. The minimum Gasteiger partial charge on any atom is -0.229 e. The average molecular weight is 90.1 g/mol. The Balaban J connectivity index is 2.00. The first-order valence-corrected chi connectivity index (χ1v) is 1.76. The van der Waals surface area contributed by atoms with Gasteiger partial charge in [0.05, 0.1) is 6.61 Å². The topological polar surface area (TPSA) is 42.5 Å². The van der Waals surface area contributed by atoms with Crippen LogP contribution in [0.2, 0.25) is 0 Å². The van der Waals surface area contributed by atoms with Gasteiger partial charge in [-0.2, -0.15) is 0 Å². The molecule has 4 nitrogen and oxygen atoms in total. The molecule has 1 aliphatic rings. The van der Waals surface area contributed by atoms with E-state index in [9.17, 15) is 0 Å². The van der Waals surface area contributed by atoms with Gasteiger partial charge in [0.25, 0.3) is 0 Å². The second-order valence-electron chi connectivity index (χ2n) is 0.934. The lowest BCUT2D eigenvalue weighted by molar-refractivity contribution is -0.364. The van der Waals surface area contributed by atoms with Gasteiger partial charge >= 0.3 is 0 Å². The van der Waals surface area contributed by atoms with Gasteiger partial charge in [-0.15, -0.1) is 10.6 Å². The molecule has 1 fully saturated rings. The van der Waals surface area contributed by atoms with Gasteiger partial charge < -0.3 is 0 Å². The lowest BCUT2D eigenvalue weighted by Crippen LogP contribution is -2.39. The predicted octanol–water partition coefficient (Wildman–Crippen LogP) is -1.04. The first-order valence-electron chi connectivity index (χ1n) is 1.76. The van der Waals surface area contributed by atoms with Crippen molar-refractivity contribution >= 4 is 0 Å². The molecule has 36 valence electrons. The summed E-state index contributed by atoms with van der Waals surface area (Å²) < 4.78 is 0. The van der Waals surface area contributed by atoms with Gasteiger partial charge in [-0.3, -0.25) is 0 Å². The summed E-state index contributed by atoms with van der Waals surface area (Å²) in [5, 5.41) is 0. The molecule has 0 aromatic carbocycles. The van der Waals surface area contributed by atoms with E-state index in [1.807, 2.05) is 0 Å². The summed E-state index contributed by atoms with van der Waals surface area (Å²) in [6, 6.07) is 0. The van der Waals surface area contributed by atoms with Crippen LogP contribution in [-0.4, -0.2) is 13.2 Å².